The Bertz CT molecular complexity index is 497. The fourth-order valence-electron chi connectivity index (χ4n) is 2.13. The number of hydrogen-bond donors (Lipinski definition) is 2. The maximum atomic E-state index is 11.9. The molecule has 1 aliphatic carbocycles. The van der Waals surface area contributed by atoms with E-state index in [1.54, 1.807) is 0 Å². The Morgan fingerprint density at radius 2 is 1.95 bits per heavy atom. The number of nitrogens with one attached hydrogen (secondary N) is 1. The SMILES string of the molecule is CC(CS(=O)(=O)NCC(O)C1CC1)c1ccccc1. The lowest BCUT2D eigenvalue weighted by atomic mass is 10.0. The third kappa shape index (κ3) is 4.60. The van der Waals surface area contributed by atoms with E-state index < -0.39 is 16.1 Å². The van der Waals surface area contributed by atoms with E-state index in [1.807, 2.05) is 37.3 Å². The van der Waals surface area contributed by atoms with Crippen molar-refractivity contribution < 1.29 is 13.5 Å². The van der Waals surface area contributed by atoms with Crippen LogP contribution in [0.15, 0.2) is 30.3 Å². The summed E-state index contributed by atoms with van der Waals surface area (Å²) in [4.78, 5) is 0. The van der Waals surface area contributed by atoms with Gasteiger partial charge in [-0.25, -0.2) is 13.1 Å². The van der Waals surface area contributed by atoms with Crippen LogP contribution in [0.25, 0.3) is 0 Å². The van der Waals surface area contributed by atoms with E-state index in [0.717, 1.165) is 18.4 Å². The van der Waals surface area contributed by atoms with Gasteiger partial charge in [0.2, 0.25) is 10.0 Å². The Labute approximate surface area is 114 Å². The molecule has 0 bridgehead atoms. The van der Waals surface area contributed by atoms with E-state index in [1.165, 1.54) is 0 Å². The fraction of sp³-hybridized carbons (Fsp3) is 0.571. The highest BCUT2D eigenvalue weighted by atomic mass is 32.2. The minimum atomic E-state index is -3.34. The van der Waals surface area contributed by atoms with Gasteiger partial charge in [-0.3, -0.25) is 0 Å². The van der Waals surface area contributed by atoms with Gasteiger partial charge in [-0.05, 0) is 30.2 Å². The molecule has 5 heteroatoms. The lowest BCUT2D eigenvalue weighted by molar-refractivity contribution is 0.155. The number of sulfonamides is 1. The second-order valence-corrected chi connectivity index (χ2v) is 7.20. The van der Waals surface area contributed by atoms with E-state index in [4.69, 9.17) is 0 Å². The summed E-state index contributed by atoms with van der Waals surface area (Å²) in [5.41, 5.74) is 1.01. The van der Waals surface area contributed by atoms with E-state index in [9.17, 15) is 13.5 Å². The fourth-order valence-corrected chi connectivity index (χ4v) is 3.52. The molecule has 2 N–H and O–H groups in total. The highest BCUT2D eigenvalue weighted by Crippen LogP contribution is 2.32. The van der Waals surface area contributed by atoms with Gasteiger partial charge in [-0.1, -0.05) is 37.3 Å². The molecule has 2 atom stereocenters. The van der Waals surface area contributed by atoms with Gasteiger partial charge in [0.1, 0.15) is 0 Å². The van der Waals surface area contributed by atoms with Crippen molar-refractivity contribution in [1.29, 1.82) is 0 Å². The molecular formula is C14H21NO3S. The van der Waals surface area contributed by atoms with E-state index in [2.05, 4.69) is 4.72 Å². The summed E-state index contributed by atoms with van der Waals surface area (Å²) < 4.78 is 26.4. The van der Waals surface area contributed by atoms with Crippen molar-refractivity contribution in [3.8, 4) is 0 Å². The number of benzene rings is 1. The zero-order valence-electron chi connectivity index (χ0n) is 11.1. The minimum absolute atomic E-state index is 0.0500. The molecular weight excluding hydrogens is 262 g/mol. The van der Waals surface area contributed by atoms with E-state index >= 15 is 0 Å². The van der Waals surface area contributed by atoms with Crippen molar-refractivity contribution in [2.75, 3.05) is 12.3 Å². The monoisotopic (exact) mass is 283 g/mol. The first kappa shape index (κ1) is 14.5. The van der Waals surface area contributed by atoms with Gasteiger partial charge >= 0.3 is 0 Å². The highest BCUT2D eigenvalue weighted by Gasteiger charge is 2.30. The van der Waals surface area contributed by atoms with E-state index in [-0.39, 0.29) is 24.1 Å². The lowest BCUT2D eigenvalue weighted by Gasteiger charge is -2.15. The van der Waals surface area contributed by atoms with E-state index in [0.29, 0.717) is 0 Å². The Kier molecular flexibility index (Phi) is 4.60. The quantitative estimate of drug-likeness (QED) is 0.796. The summed E-state index contributed by atoms with van der Waals surface area (Å²) in [6.45, 7) is 2.03. The van der Waals surface area contributed by atoms with Crippen LogP contribution in [0.3, 0.4) is 0 Å². The zero-order chi connectivity index (χ0) is 13.9. The third-order valence-corrected chi connectivity index (χ3v) is 5.06. The molecule has 0 saturated heterocycles. The molecule has 4 nitrogen and oxygen atoms in total. The topological polar surface area (TPSA) is 66.4 Å². The molecule has 106 valence electrons. The van der Waals surface area contributed by atoms with Crippen LogP contribution in [0.1, 0.15) is 31.2 Å². The molecule has 0 radical (unpaired) electrons. The third-order valence-electron chi connectivity index (χ3n) is 3.52. The Balaban J connectivity index is 1.86. The Hall–Kier alpha value is -0.910. The molecule has 1 aromatic carbocycles. The van der Waals surface area contributed by atoms with Crippen LogP contribution in [0.5, 0.6) is 0 Å². The molecule has 0 spiro atoms. The molecule has 1 fully saturated rings. The minimum Gasteiger partial charge on any atom is -0.391 e. The maximum Gasteiger partial charge on any atom is 0.212 e. The summed E-state index contributed by atoms with van der Waals surface area (Å²) in [6.07, 6.45) is 1.47. The highest BCUT2D eigenvalue weighted by molar-refractivity contribution is 7.89. The van der Waals surface area contributed by atoms with Crippen LogP contribution in [0.2, 0.25) is 0 Å². The zero-order valence-corrected chi connectivity index (χ0v) is 11.9. The Morgan fingerprint density at radius 1 is 1.32 bits per heavy atom. The number of hydrogen-bond acceptors (Lipinski definition) is 3. The first-order valence-electron chi connectivity index (χ1n) is 6.68. The predicted octanol–water partition coefficient (Wildman–Crippen LogP) is 1.48. The van der Waals surface area contributed by atoms with Crippen molar-refractivity contribution in [2.24, 2.45) is 5.92 Å². The summed E-state index contributed by atoms with van der Waals surface area (Å²) >= 11 is 0. The number of aliphatic hydroxyl groups is 1. The average molecular weight is 283 g/mol. The molecule has 2 unspecified atom stereocenters. The molecule has 1 aromatic rings. The smallest absolute Gasteiger partial charge is 0.212 e. The van der Waals surface area contributed by atoms with Gasteiger partial charge in [-0.2, -0.15) is 0 Å². The van der Waals surface area contributed by atoms with Gasteiger partial charge in [0.25, 0.3) is 0 Å². The predicted molar refractivity (Wildman–Crippen MR) is 75.4 cm³/mol. The van der Waals surface area contributed by atoms with Gasteiger partial charge in [0, 0.05) is 6.54 Å². The van der Waals surface area contributed by atoms with Gasteiger partial charge in [0.05, 0.1) is 11.9 Å². The molecule has 1 aliphatic rings. The molecule has 2 rings (SSSR count). The molecule has 0 aliphatic heterocycles. The standard InChI is InChI=1S/C14H21NO3S/c1-11(12-5-3-2-4-6-12)10-19(17,18)15-9-14(16)13-7-8-13/h2-6,11,13-16H,7-10H2,1H3. The van der Waals surface area contributed by atoms with Gasteiger partial charge < -0.3 is 5.11 Å². The molecule has 19 heavy (non-hydrogen) atoms. The second-order valence-electron chi connectivity index (χ2n) is 5.35. The van der Waals surface area contributed by atoms with Crippen molar-refractivity contribution in [2.45, 2.75) is 31.8 Å². The molecule has 0 aromatic heterocycles. The first-order valence-corrected chi connectivity index (χ1v) is 8.33. The maximum absolute atomic E-state index is 11.9. The van der Waals surface area contributed by atoms with Gasteiger partial charge in [0.15, 0.2) is 0 Å². The normalized spacial score (nSPS) is 19.1. The summed E-state index contributed by atoms with van der Waals surface area (Å²) in [7, 11) is -3.34. The summed E-state index contributed by atoms with van der Waals surface area (Å²) in [6, 6.07) is 9.58. The van der Waals surface area contributed by atoms with Crippen LogP contribution in [0.4, 0.5) is 0 Å². The van der Waals surface area contributed by atoms with Crippen LogP contribution >= 0.6 is 0 Å². The van der Waals surface area contributed by atoms with Crippen LogP contribution in [-0.2, 0) is 10.0 Å². The van der Waals surface area contributed by atoms with Crippen LogP contribution in [0, 0.1) is 5.92 Å². The van der Waals surface area contributed by atoms with Crippen molar-refractivity contribution in [3.05, 3.63) is 35.9 Å². The summed E-state index contributed by atoms with van der Waals surface area (Å²) in [5, 5.41) is 9.68. The second kappa shape index (κ2) is 6.03. The van der Waals surface area contributed by atoms with Crippen molar-refractivity contribution in [1.82, 2.24) is 4.72 Å². The van der Waals surface area contributed by atoms with Crippen LogP contribution < -0.4 is 4.72 Å². The number of rotatable bonds is 7. The molecule has 0 heterocycles. The molecule has 0 amide bonds. The molecule has 1 saturated carbocycles. The average Bonchev–Trinajstić information content (AvgIpc) is 3.21. The van der Waals surface area contributed by atoms with Gasteiger partial charge in [-0.15, -0.1) is 0 Å². The first-order chi connectivity index (χ1) is 8.98. The summed E-state index contributed by atoms with van der Waals surface area (Å²) in [5.74, 6) is 0.278. The largest absolute Gasteiger partial charge is 0.391 e. The Morgan fingerprint density at radius 3 is 2.53 bits per heavy atom. The van der Waals surface area contributed by atoms with Crippen molar-refractivity contribution in [3.63, 3.8) is 0 Å². The lowest BCUT2D eigenvalue weighted by Crippen LogP contribution is -2.35. The van der Waals surface area contributed by atoms with Crippen molar-refractivity contribution >= 4 is 10.0 Å². The van der Waals surface area contributed by atoms with Crippen LogP contribution in [-0.4, -0.2) is 31.9 Å². The number of aliphatic hydroxyl groups excluding tert-OH is 1.